The molecule has 6 heteroatoms. The third-order valence-electron chi connectivity index (χ3n) is 3.92. The van der Waals surface area contributed by atoms with Crippen LogP contribution in [0.25, 0.3) is 0 Å². The Kier molecular flexibility index (Phi) is 6.44. The summed E-state index contributed by atoms with van der Waals surface area (Å²) in [5.41, 5.74) is 3.03. The Hall–Kier alpha value is -2.86. The van der Waals surface area contributed by atoms with Gasteiger partial charge in [0.1, 0.15) is 5.75 Å². The van der Waals surface area contributed by atoms with Crippen LogP contribution in [0.1, 0.15) is 18.1 Å². The monoisotopic (exact) mass is 379 g/mol. The summed E-state index contributed by atoms with van der Waals surface area (Å²) in [4.78, 5) is 20.8. The van der Waals surface area contributed by atoms with Crippen LogP contribution in [0.15, 0.2) is 66.0 Å². The van der Waals surface area contributed by atoms with Gasteiger partial charge in [0.25, 0.3) is 5.88 Å². The number of anilines is 1. The van der Waals surface area contributed by atoms with Gasteiger partial charge in [-0.1, -0.05) is 49.0 Å². The number of nitrogens with one attached hydrogen (secondary N) is 1. The molecule has 3 aromatic rings. The first-order chi connectivity index (χ1) is 13.2. The molecule has 0 bridgehead atoms. The van der Waals surface area contributed by atoms with Crippen molar-refractivity contribution in [3.8, 4) is 11.6 Å². The molecule has 3 rings (SSSR count). The quantitative estimate of drug-likeness (QED) is 0.593. The first-order valence-electron chi connectivity index (χ1n) is 8.72. The van der Waals surface area contributed by atoms with Gasteiger partial charge in [-0.25, -0.2) is 9.97 Å². The van der Waals surface area contributed by atoms with Crippen molar-refractivity contribution in [3.63, 3.8) is 0 Å². The SMILES string of the molecule is CCc1ccc(NC(=O)CSc2nccnc2Oc2ccccc2C)cc1. The Morgan fingerprint density at radius 2 is 1.81 bits per heavy atom. The lowest BCUT2D eigenvalue weighted by Gasteiger charge is -2.10. The molecule has 0 radical (unpaired) electrons. The lowest BCUT2D eigenvalue weighted by atomic mass is 10.1. The Labute approximate surface area is 163 Å². The highest BCUT2D eigenvalue weighted by atomic mass is 32.2. The fourth-order valence-electron chi connectivity index (χ4n) is 2.41. The number of carbonyl (C=O) groups excluding carboxylic acids is 1. The molecule has 1 amide bonds. The second-order valence-electron chi connectivity index (χ2n) is 5.92. The number of ether oxygens (including phenoxy) is 1. The molecule has 0 spiro atoms. The van der Waals surface area contributed by atoms with E-state index in [0.29, 0.717) is 10.9 Å². The molecule has 0 fully saturated rings. The molecule has 27 heavy (non-hydrogen) atoms. The maximum Gasteiger partial charge on any atom is 0.252 e. The number of thioether (sulfide) groups is 1. The van der Waals surface area contributed by atoms with Crippen molar-refractivity contribution in [1.29, 1.82) is 0 Å². The zero-order valence-corrected chi connectivity index (χ0v) is 16.1. The maximum absolute atomic E-state index is 12.2. The number of aryl methyl sites for hydroxylation is 2. The van der Waals surface area contributed by atoms with Gasteiger partial charge in [-0.3, -0.25) is 4.79 Å². The largest absolute Gasteiger partial charge is 0.436 e. The fraction of sp³-hybridized carbons (Fsp3) is 0.190. The third-order valence-corrected chi connectivity index (χ3v) is 4.88. The molecule has 0 aliphatic heterocycles. The molecule has 138 valence electrons. The minimum absolute atomic E-state index is 0.100. The Balaban J connectivity index is 1.62. The molecule has 0 atom stereocenters. The van der Waals surface area contributed by atoms with E-state index in [9.17, 15) is 4.79 Å². The van der Waals surface area contributed by atoms with Gasteiger partial charge < -0.3 is 10.1 Å². The van der Waals surface area contributed by atoms with E-state index < -0.39 is 0 Å². The zero-order valence-electron chi connectivity index (χ0n) is 15.3. The number of hydrogen-bond acceptors (Lipinski definition) is 5. The third kappa shape index (κ3) is 5.31. The van der Waals surface area contributed by atoms with Crippen LogP contribution >= 0.6 is 11.8 Å². The number of benzene rings is 2. The van der Waals surface area contributed by atoms with E-state index >= 15 is 0 Å². The average molecular weight is 379 g/mol. The molecule has 1 heterocycles. The van der Waals surface area contributed by atoms with E-state index in [2.05, 4.69) is 22.2 Å². The normalized spacial score (nSPS) is 10.4. The number of aromatic nitrogens is 2. The predicted octanol–water partition coefficient (Wildman–Crippen LogP) is 4.87. The Bertz CT molecular complexity index is 913. The lowest BCUT2D eigenvalue weighted by Crippen LogP contribution is -2.14. The lowest BCUT2D eigenvalue weighted by molar-refractivity contribution is -0.113. The molecule has 0 saturated heterocycles. The van der Waals surface area contributed by atoms with Crippen molar-refractivity contribution in [2.75, 3.05) is 11.1 Å². The van der Waals surface area contributed by atoms with Gasteiger partial charge >= 0.3 is 0 Å². The van der Waals surface area contributed by atoms with Crippen LogP contribution in [0, 0.1) is 6.92 Å². The van der Waals surface area contributed by atoms with Crippen molar-refractivity contribution < 1.29 is 9.53 Å². The summed E-state index contributed by atoms with van der Waals surface area (Å²) >= 11 is 1.30. The van der Waals surface area contributed by atoms with E-state index in [1.165, 1.54) is 17.3 Å². The Morgan fingerprint density at radius 1 is 1.07 bits per heavy atom. The van der Waals surface area contributed by atoms with Gasteiger partial charge in [-0.05, 0) is 42.7 Å². The highest BCUT2D eigenvalue weighted by molar-refractivity contribution is 8.00. The van der Waals surface area contributed by atoms with E-state index in [1.807, 2.05) is 55.5 Å². The van der Waals surface area contributed by atoms with Crippen LogP contribution < -0.4 is 10.1 Å². The van der Waals surface area contributed by atoms with Crippen molar-refractivity contribution >= 4 is 23.4 Å². The van der Waals surface area contributed by atoms with Gasteiger partial charge in [0, 0.05) is 18.1 Å². The zero-order chi connectivity index (χ0) is 19.1. The highest BCUT2D eigenvalue weighted by Crippen LogP contribution is 2.30. The summed E-state index contributed by atoms with van der Waals surface area (Å²) in [6.07, 6.45) is 4.14. The molecule has 1 N–H and O–H groups in total. The van der Waals surface area contributed by atoms with Crippen molar-refractivity contribution in [2.24, 2.45) is 0 Å². The van der Waals surface area contributed by atoms with Crippen LogP contribution in [0.5, 0.6) is 11.6 Å². The highest BCUT2D eigenvalue weighted by Gasteiger charge is 2.12. The number of carbonyl (C=O) groups is 1. The van der Waals surface area contributed by atoms with Crippen LogP contribution in [-0.2, 0) is 11.2 Å². The molecule has 0 aliphatic rings. The maximum atomic E-state index is 12.2. The molecular formula is C21H21N3O2S. The minimum atomic E-state index is -0.100. The standard InChI is InChI=1S/C21H21N3O2S/c1-3-16-8-10-17(11-9-16)24-19(25)14-27-21-20(22-12-13-23-21)26-18-7-5-4-6-15(18)2/h4-13H,3,14H2,1-2H3,(H,24,25). The smallest absolute Gasteiger partial charge is 0.252 e. The molecular weight excluding hydrogens is 358 g/mol. The summed E-state index contributed by atoms with van der Waals surface area (Å²) in [6, 6.07) is 15.6. The van der Waals surface area contributed by atoms with E-state index in [4.69, 9.17) is 4.74 Å². The van der Waals surface area contributed by atoms with Gasteiger partial charge in [0.05, 0.1) is 5.75 Å². The summed E-state index contributed by atoms with van der Waals surface area (Å²) < 4.78 is 5.89. The fourth-order valence-corrected chi connectivity index (χ4v) is 3.10. The molecule has 1 aromatic heterocycles. The minimum Gasteiger partial charge on any atom is -0.436 e. The first kappa shape index (κ1) is 18.9. The summed E-state index contributed by atoms with van der Waals surface area (Å²) in [7, 11) is 0. The van der Waals surface area contributed by atoms with E-state index in [1.54, 1.807) is 12.4 Å². The number of para-hydroxylation sites is 1. The van der Waals surface area contributed by atoms with Crippen LogP contribution in [0.4, 0.5) is 5.69 Å². The van der Waals surface area contributed by atoms with Crippen molar-refractivity contribution in [2.45, 2.75) is 25.3 Å². The number of nitrogens with zero attached hydrogens (tertiary/aromatic N) is 2. The Morgan fingerprint density at radius 3 is 2.56 bits per heavy atom. The van der Waals surface area contributed by atoms with Gasteiger partial charge in [-0.2, -0.15) is 0 Å². The molecule has 0 saturated carbocycles. The summed E-state index contributed by atoms with van der Waals surface area (Å²) in [6.45, 7) is 4.07. The number of amides is 1. The van der Waals surface area contributed by atoms with Crippen molar-refractivity contribution in [3.05, 3.63) is 72.1 Å². The molecule has 5 nitrogen and oxygen atoms in total. The van der Waals surface area contributed by atoms with Crippen molar-refractivity contribution in [1.82, 2.24) is 9.97 Å². The van der Waals surface area contributed by atoms with Gasteiger partial charge in [-0.15, -0.1) is 0 Å². The summed E-state index contributed by atoms with van der Waals surface area (Å²) in [5, 5.41) is 3.47. The average Bonchev–Trinajstić information content (AvgIpc) is 2.69. The van der Waals surface area contributed by atoms with E-state index in [0.717, 1.165) is 23.4 Å². The molecule has 0 aliphatic carbocycles. The summed E-state index contributed by atoms with van der Waals surface area (Å²) in [5.74, 6) is 1.24. The predicted molar refractivity (Wildman–Crippen MR) is 108 cm³/mol. The molecule has 2 aromatic carbocycles. The first-order valence-corrected chi connectivity index (χ1v) is 9.70. The van der Waals surface area contributed by atoms with Crippen LogP contribution in [0.3, 0.4) is 0 Å². The topological polar surface area (TPSA) is 64.1 Å². The van der Waals surface area contributed by atoms with Crippen LogP contribution in [-0.4, -0.2) is 21.6 Å². The van der Waals surface area contributed by atoms with Gasteiger partial charge in [0.15, 0.2) is 5.03 Å². The van der Waals surface area contributed by atoms with E-state index in [-0.39, 0.29) is 11.7 Å². The second-order valence-corrected chi connectivity index (χ2v) is 6.89. The molecule has 0 unspecified atom stereocenters. The second kappa shape index (κ2) is 9.19. The number of rotatable bonds is 7. The number of hydrogen-bond donors (Lipinski definition) is 1. The van der Waals surface area contributed by atoms with Crippen LogP contribution in [0.2, 0.25) is 0 Å². The van der Waals surface area contributed by atoms with Gasteiger partial charge in [0.2, 0.25) is 5.91 Å².